The molecule has 2 nitrogen and oxygen atoms in total. The molecule has 1 aliphatic carbocycles. The van der Waals surface area contributed by atoms with E-state index >= 15 is 0 Å². The zero-order valence-electron chi connectivity index (χ0n) is 8.86. The zero-order chi connectivity index (χ0) is 10.1. The Morgan fingerprint density at radius 3 is 3.00 bits per heavy atom. The first-order valence-electron chi connectivity index (χ1n) is 5.85. The molecule has 1 aliphatic heterocycles. The van der Waals surface area contributed by atoms with Crippen LogP contribution in [-0.2, 0) is 0 Å². The minimum absolute atomic E-state index is 0.587. The summed E-state index contributed by atoms with van der Waals surface area (Å²) in [6.07, 6.45) is 2.78. The Morgan fingerprint density at radius 2 is 2.13 bits per heavy atom. The summed E-state index contributed by atoms with van der Waals surface area (Å²) in [4.78, 5) is 0. The van der Waals surface area contributed by atoms with E-state index in [1.54, 1.807) is 0 Å². The second-order valence-corrected chi connectivity index (χ2v) is 4.63. The smallest absolute Gasteiger partial charge is 0.119 e. The third-order valence-corrected chi connectivity index (χ3v) is 3.59. The number of hydrogen-bond acceptors (Lipinski definition) is 2. The Kier molecular flexibility index (Phi) is 2.37. The summed E-state index contributed by atoms with van der Waals surface area (Å²) in [5.74, 6) is 2.88. The predicted molar refractivity (Wildman–Crippen MR) is 59.9 cm³/mol. The van der Waals surface area contributed by atoms with Crippen LogP contribution >= 0.6 is 0 Å². The summed E-state index contributed by atoms with van der Waals surface area (Å²) in [7, 11) is 0. The molecule has 1 heterocycles. The lowest BCUT2D eigenvalue weighted by Crippen LogP contribution is -2.40. The molecule has 1 aromatic rings. The number of benzene rings is 1. The lowest BCUT2D eigenvalue weighted by atomic mass is 10.1. The van der Waals surface area contributed by atoms with Crippen LogP contribution in [0.2, 0.25) is 0 Å². The van der Waals surface area contributed by atoms with E-state index in [0.717, 1.165) is 24.2 Å². The molecule has 1 saturated carbocycles. The molecule has 0 aromatic heterocycles. The highest BCUT2D eigenvalue weighted by Crippen LogP contribution is 2.45. The normalized spacial score (nSPS) is 33.2. The molecule has 1 aromatic carbocycles. The van der Waals surface area contributed by atoms with Gasteiger partial charge >= 0.3 is 0 Å². The van der Waals surface area contributed by atoms with Gasteiger partial charge in [-0.3, -0.25) is 0 Å². The highest BCUT2D eigenvalue weighted by molar-refractivity contribution is 5.21. The van der Waals surface area contributed by atoms with Crippen molar-refractivity contribution in [1.29, 1.82) is 0 Å². The van der Waals surface area contributed by atoms with Gasteiger partial charge in [0.2, 0.25) is 0 Å². The van der Waals surface area contributed by atoms with Crippen molar-refractivity contribution in [2.75, 3.05) is 13.2 Å². The predicted octanol–water partition coefficient (Wildman–Crippen LogP) is 2.06. The Hall–Kier alpha value is -1.02. The zero-order valence-corrected chi connectivity index (χ0v) is 8.86. The maximum absolute atomic E-state index is 5.78. The van der Waals surface area contributed by atoms with Gasteiger partial charge in [-0.1, -0.05) is 18.2 Å². The molecule has 80 valence electrons. The Balaban J connectivity index is 1.54. The van der Waals surface area contributed by atoms with E-state index in [4.69, 9.17) is 4.74 Å². The lowest BCUT2D eigenvalue weighted by Gasteiger charge is -2.23. The van der Waals surface area contributed by atoms with E-state index in [9.17, 15) is 0 Å². The maximum atomic E-state index is 5.78. The molecule has 0 amide bonds. The molecule has 3 atom stereocenters. The van der Waals surface area contributed by atoms with Crippen LogP contribution in [0.25, 0.3) is 0 Å². The fourth-order valence-corrected chi connectivity index (χ4v) is 2.59. The molecule has 2 heteroatoms. The number of para-hydroxylation sites is 1. The average Bonchev–Trinajstić information content (AvgIpc) is 3.07. The van der Waals surface area contributed by atoms with Crippen molar-refractivity contribution >= 4 is 0 Å². The molecule has 3 rings (SSSR count). The van der Waals surface area contributed by atoms with Crippen LogP contribution in [0.1, 0.15) is 12.8 Å². The van der Waals surface area contributed by atoms with E-state index < -0.39 is 0 Å². The SMILES string of the molecule is c1ccc(OCC2NCCC3CC32)cc1. The molecular formula is C13H17NO. The van der Waals surface area contributed by atoms with Gasteiger partial charge in [-0.05, 0) is 43.4 Å². The van der Waals surface area contributed by atoms with Crippen molar-refractivity contribution in [3.05, 3.63) is 30.3 Å². The van der Waals surface area contributed by atoms with Crippen LogP contribution in [0.15, 0.2) is 30.3 Å². The van der Waals surface area contributed by atoms with Crippen molar-refractivity contribution in [2.24, 2.45) is 11.8 Å². The fraction of sp³-hybridized carbons (Fsp3) is 0.538. The second kappa shape index (κ2) is 3.86. The quantitative estimate of drug-likeness (QED) is 0.812. The molecule has 1 N–H and O–H groups in total. The molecule has 1 saturated heterocycles. The minimum atomic E-state index is 0.587. The van der Waals surface area contributed by atoms with Gasteiger partial charge in [0, 0.05) is 6.04 Å². The van der Waals surface area contributed by atoms with Gasteiger partial charge in [-0.25, -0.2) is 0 Å². The first-order valence-corrected chi connectivity index (χ1v) is 5.85. The van der Waals surface area contributed by atoms with Crippen LogP contribution in [0.4, 0.5) is 0 Å². The highest BCUT2D eigenvalue weighted by Gasteiger charge is 2.45. The van der Waals surface area contributed by atoms with Crippen molar-refractivity contribution < 1.29 is 4.74 Å². The van der Waals surface area contributed by atoms with Crippen molar-refractivity contribution in [2.45, 2.75) is 18.9 Å². The minimum Gasteiger partial charge on any atom is -0.492 e. The Labute approximate surface area is 90.6 Å². The number of fused-ring (bicyclic) bond motifs is 1. The van der Waals surface area contributed by atoms with Crippen LogP contribution in [0.5, 0.6) is 5.75 Å². The first-order chi connectivity index (χ1) is 7.43. The van der Waals surface area contributed by atoms with E-state index in [0.29, 0.717) is 6.04 Å². The van der Waals surface area contributed by atoms with E-state index in [1.165, 1.54) is 19.4 Å². The number of hydrogen-bond donors (Lipinski definition) is 1. The van der Waals surface area contributed by atoms with Gasteiger partial charge in [0.05, 0.1) is 0 Å². The molecule has 0 spiro atoms. The Morgan fingerprint density at radius 1 is 1.27 bits per heavy atom. The lowest BCUT2D eigenvalue weighted by molar-refractivity contribution is 0.229. The third-order valence-electron chi connectivity index (χ3n) is 3.59. The molecule has 15 heavy (non-hydrogen) atoms. The fourth-order valence-electron chi connectivity index (χ4n) is 2.59. The van der Waals surface area contributed by atoms with Gasteiger partial charge in [0.1, 0.15) is 12.4 Å². The average molecular weight is 203 g/mol. The summed E-state index contributed by atoms with van der Waals surface area (Å²) in [6.45, 7) is 2.00. The molecule has 0 bridgehead atoms. The summed E-state index contributed by atoms with van der Waals surface area (Å²) in [5.41, 5.74) is 0. The second-order valence-electron chi connectivity index (χ2n) is 4.63. The van der Waals surface area contributed by atoms with Crippen molar-refractivity contribution in [3.63, 3.8) is 0 Å². The topological polar surface area (TPSA) is 21.3 Å². The van der Waals surface area contributed by atoms with E-state index in [1.807, 2.05) is 30.3 Å². The van der Waals surface area contributed by atoms with Gasteiger partial charge in [0.25, 0.3) is 0 Å². The first kappa shape index (κ1) is 9.22. The van der Waals surface area contributed by atoms with Crippen LogP contribution in [-0.4, -0.2) is 19.2 Å². The summed E-state index contributed by atoms with van der Waals surface area (Å²) in [5, 5.41) is 3.56. The molecule has 0 radical (unpaired) electrons. The van der Waals surface area contributed by atoms with Crippen molar-refractivity contribution in [1.82, 2.24) is 5.32 Å². The standard InChI is InChI=1S/C13H17NO/c1-2-4-11(5-3-1)15-9-13-12-8-10(12)6-7-14-13/h1-5,10,12-14H,6-9H2. The molecule has 2 aliphatic rings. The molecule has 2 fully saturated rings. The van der Waals surface area contributed by atoms with Gasteiger partial charge < -0.3 is 10.1 Å². The van der Waals surface area contributed by atoms with E-state index in [2.05, 4.69) is 5.32 Å². The highest BCUT2D eigenvalue weighted by atomic mass is 16.5. The largest absolute Gasteiger partial charge is 0.492 e. The number of rotatable bonds is 3. The summed E-state index contributed by atoms with van der Waals surface area (Å²) < 4.78 is 5.78. The third kappa shape index (κ3) is 2.00. The molecular weight excluding hydrogens is 186 g/mol. The summed E-state index contributed by atoms with van der Waals surface area (Å²) in [6, 6.07) is 10.7. The van der Waals surface area contributed by atoms with E-state index in [-0.39, 0.29) is 0 Å². The van der Waals surface area contributed by atoms with Gasteiger partial charge in [0.15, 0.2) is 0 Å². The van der Waals surface area contributed by atoms with Crippen LogP contribution < -0.4 is 10.1 Å². The summed E-state index contributed by atoms with van der Waals surface area (Å²) >= 11 is 0. The van der Waals surface area contributed by atoms with Gasteiger partial charge in [-0.15, -0.1) is 0 Å². The monoisotopic (exact) mass is 203 g/mol. The molecule has 3 unspecified atom stereocenters. The van der Waals surface area contributed by atoms with Gasteiger partial charge in [-0.2, -0.15) is 0 Å². The number of ether oxygens (including phenoxy) is 1. The maximum Gasteiger partial charge on any atom is 0.119 e. The van der Waals surface area contributed by atoms with Crippen LogP contribution in [0.3, 0.4) is 0 Å². The number of piperidine rings is 1. The Bertz CT molecular complexity index is 325. The van der Waals surface area contributed by atoms with Crippen molar-refractivity contribution in [3.8, 4) is 5.75 Å². The number of nitrogens with one attached hydrogen (secondary N) is 1. The van der Waals surface area contributed by atoms with Crippen LogP contribution in [0, 0.1) is 11.8 Å².